The molecule has 180 valence electrons. The molecule has 5 rings (SSSR count). The average Bonchev–Trinajstić information content (AvgIpc) is 3.55. The van der Waals surface area contributed by atoms with Crippen LogP contribution in [-0.2, 0) is 9.59 Å². The third-order valence-electron chi connectivity index (χ3n) is 5.31. The second-order valence-corrected chi connectivity index (χ2v) is 7.60. The van der Waals surface area contributed by atoms with Crippen molar-refractivity contribution in [3.63, 3.8) is 0 Å². The molecule has 0 radical (unpaired) electrons. The van der Waals surface area contributed by atoms with E-state index in [-0.39, 0.29) is 0 Å². The highest BCUT2D eigenvalue weighted by molar-refractivity contribution is 6.47. The van der Waals surface area contributed by atoms with Crippen LogP contribution in [0, 0.1) is 0 Å². The Morgan fingerprint density at radius 1 is 0.944 bits per heavy atom. The largest absolute Gasteiger partial charge is 0.479 e. The summed E-state index contributed by atoms with van der Waals surface area (Å²) in [5, 5.41) is 6.47. The standard InChI is InChI=1S/C26H19N3O4.C2H4O/c1-32-23-16-22(33-28-23)18-10-12-19(13-11-18)27-26(31)25(30)24-21(17-7-3-2-4-8-17)15-20-9-5-6-14-29(20)24;1-2-3/h2-16H,1H3,(H,27,31);2H,1H3. The van der Waals surface area contributed by atoms with Crippen LogP contribution in [0.1, 0.15) is 17.4 Å². The second-order valence-electron chi connectivity index (χ2n) is 7.60. The maximum absolute atomic E-state index is 13.3. The summed E-state index contributed by atoms with van der Waals surface area (Å²) >= 11 is 0. The van der Waals surface area contributed by atoms with Crippen LogP contribution in [0.5, 0.6) is 5.88 Å². The lowest BCUT2D eigenvalue weighted by atomic mass is 10.0. The van der Waals surface area contributed by atoms with Gasteiger partial charge >= 0.3 is 0 Å². The first-order valence-corrected chi connectivity index (χ1v) is 11.1. The van der Waals surface area contributed by atoms with Crippen LogP contribution >= 0.6 is 0 Å². The number of Topliss-reactive ketones (excluding diaryl/α,β-unsaturated/α-hetero) is 1. The first-order valence-electron chi connectivity index (χ1n) is 11.1. The van der Waals surface area contributed by atoms with Crippen molar-refractivity contribution in [2.24, 2.45) is 0 Å². The number of ether oxygens (including phenoxy) is 1. The van der Waals surface area contributed by atoms with Crippen molar-refractivity contribution in [2.75, 3.05) is 12.4 Å². The fraction of sp³-hybridized carbons (Fsp3) is 0.0714. The van der Waals surface area contributed by atoms with Crippen LogP contribution in [0.4, 0.5) is 5.69 Å². The van der Waals surface area contributed by atoms with Crippen molar-refractivity contribution in [1.29, 1.82) is 0 Å². The minimum atomic E-state index is -0.717. The number of fused-ring (bicyclic) bond motifs is 1. The predicted octanol–water partition coefficient (Wildman–Crippen LogP) is 5.30. The molecular formula is C28H23N3O5. The van der Waals surface area contributed by atoms with E-state index in [9.17, 15) is 9.59 Å². The number of hydrogen-bond donors (Lipinski definition) is 1. The molecule has 0 aliphatic carbocycles. The van der Waals surface area contributed by atoms with Gasteiger partial charge in [0.05, 0.1) is 7.11 Å². The highest BCUT2D eigenvalue weighted by Crippen LogP contribution is 2.29. The van der Waals surface area contributed by atoms with Crippen molar-refractivity contribution < 1.29 is 23.6 Å². The van der Waals surface area contributed by atoms with E-state index < -0.39 is 11.7 Å². The monoisotopic (exact) mass is 481 g/mol. The second kappa shape index (κ2) is 11.0. The minimum Gasteiger partial charge on any atom is -0.479 e. The summed E-state index contributed by atoms with van der Waals surface area (Å²) in [6.07, 6.45) is 2.53. The Hall–Kier alpha value is -4.98. The van der Waals surface area contributed by atoms with Gasteiger partial charge in [-0.15, -0.1) is 0 Å². The van der Waals surface area contributed by atoms with Gasteiger partial charge in [-0.3, -0.25) is 9.59 Å². The molecule has 0 saturated heterocycles. The molecule has 0 spiro atoms. The highest BCUT2D eigenvalue weighted by atomic mass is 16.5. The lowest BCUT2D eigenvalue weighted by Gasteiger charge is -2.08. The van der Waals surface area contributed by atoms with Gasteiger partial charge in [0.1, 0.15) is 12.0 Å². The van der Waals surface area contributed by atoms with E-state index in [0.717, 1.165) is 22.9 Å². The van der Waals surface area contributed by atoms with Gasteiger partial charge in [0, 0.05) is 34.6 Å². The smallest absolute Gasteiger partial charge is 0.298 e. The van der Waals surface area contributed by atoms with Crippen molar-refractivity contribution in [3.8, 4) is 28.3 Å². The number of carbonyl (C=O) groups excluding carboxylic acids is 3. The normalized spacial score (nSPS) is 10.3. The van der Waals surface area contributed by atoms with Gasteiger partial charge in [-0.05, 0) is 60.1 Å². The number of pyridine rings is 1. The molecule has 36 heavy (non-hydrogen) atoms. The van der Waals surface area contributed by atoms with E-state index in [1.807, 2.05) is 54.6 Å². The van der Waals surface area contributed by atoms with Crippen LogP contribution in [0.15, 0.2) is 95.6 Å². The van der Waals surface area contributed by atoms with Crippen LogP contribution in [0.2, 0.25) is 0 Å². The number of methoxy groups -OCH3 is 1. The maximum Gasteiger partial charge on any atom is 0.298 e. The highest BCUT2D eigenvalue weighted by Gasteiger charge is 2.24. The van der Waals surface area contributed by atoms with Crippen LogP contribution in [0.3, 0.4) is 0 Å². The molecule has 0 aliphatic heterocycles. The molecular weight excluding hydrogens is 458 g/mol. The Morgan fingerprint density at radius 2 is 1.64 bits per heavy atom. The first-order chi connectivity index (χ1) is 17.5. The molecule has 0 unspecified atom stereocenters. The fourth-order valence-electron chi connectivity index (χ4n) is 3.70. The molecule has 3 heterocycles. The Bertz CT molecular complexity index is 1500. The number of carbonyl (C=O) groups is 3. The van der Waals surface area contributed by atoms with Crippen LogP contribution in [0.25, 0.3) is 28.0 Å². The van der Waals surface area contributed by atoms with Crippen molar-refractivity contribution >= 4 is 29.2 Å². The van der Waals surface area contributed by atoms with E-state index in [4.69, 9.17) is 14.1 Å². The van der Waals surface area contributed by atoms with E-state index in [2.05, 4.69) is 10.5 Å². The minimum absolute atomic E-state index is 0.319. The van der Waals surface area contributed by atoms with Gasteiger partial charge < -0.3 is 23.8 Å². The van der Waals surface area contributed by atoms with Gasteiger partial charge in [0.15, 0.2) is 5.76 Å². The van der Waals surface area contributed by atoms with Crippen molar-refractivity contribution in [1.82, 2.24) is 9.56 Å². The fourth-order valence-corrected chi connectivity index (χ4v) is 3.70. The molecule has 5 aromatic rings. The van der Waals surface area contributed by atoms with Crippen LogP contribution in [-0.4, -0.2) is 34.6 Å². The molecule has 8 heteroatoms. The van der Waals surface area contributed by atoms with E-state index in [1.165, 1.54) is 14.0 Å². The quantitative estimate of drug-likeness (QED) is 0.201. The molecule has 0 aliphatic rings. The number of benzene rings is 2. The summed E-state index contributed by atoms with van der Waals surface area (Å²) in [7, 11) is 1.51. The Morgan fingerprint density at radius 3 is 2.31 bits per heavy atom. The summed E-state index contributed by atoms with van der Waals surface area (Å²) in [5.41, 5.74) is 3.98. The van der Waals surface area contributed by atoms with Crippen molar-refractivity contribution in [3.05, 3.63) is 96.8 Å². The van der Waals surface area contributed by atoms with Gasteiger partial charge in [0.2, 0.25) is 0 Å². The zero-order chi connectivity index (χ0) is 25.5. The zero-order valence-corrected chi connectivity index (χ0v) is 19.7. The third-order valence-corrected chi connectivity index (χ3v) is 5.31. The molecule has 3 aromatic heterocycles. The third kappa shape index (κ3) is 5.07. The topological polar surface area (TPSA) is 103 Å². The number of aromatic nitrogens is 2. The Labute approximate surface area is 207 Å². The van der Waals surface area contributed by atoms with Gasteiger partial charge in [-0.1, -0.05) is 36.4 Å². The SMILES string of the molecule is CC=O.COc1cc(-c2ccc(NC(=O)C(=O)c3c(-c4ccccc4)cc4ccccn34)cc2)on1. The summed E-state index contributed by atoms with van der Waals surface area (Å²) in [5.74, 6) is -0.427. The van der Waals surface area contributed by atoms with E-state index in [1.54, 1.807) is 40.9 Å². The summed E-state index contributed by atoms with van der Waals surface area (Å²) < 4.78 is 12.0. The van der Waals surface area contributed by atoms with Crippen molar-refractivity contribution in [2.45, 2.75) is 6.92 Å². The maximum atomic E-state index is 13.3. The summed E-state index contributed by atoms with van der Waals surface area (Å²) in [4.78, 5) is 35.0. The molecule has 0 atom stereocenters. The number of rotatable bonds is 6. The number of nitrogens with one attached hydrogen (secondary N) is 1. The summed E-state index contributed by atoms with van der Waals surface area (Å²) in [6, 6.07) is 25.7. The zero-order valence-electron chi connectivity index (χ0n) is 19.7. The molecule has 0 bridgehead atoms. The molecule has 1 N–H and O–H groups in total. The lowest BCUT2D eigenvalue weighted by molar-refractivity contribution is -0.112. The Balaban J connectivity index is 0.000000967. The predicted molar refractivity (Wildman–Crippen MR) is 136 cm³/mol. The average molecular weight is 482 g/mol. The number of hydrogen-bond acceptors (Lipinski definition) is 6. The number of anilines is 1. The molecule has 1 amide bonds. The summed E-state index contributed by atoms with van der Waals surface area (Å²) in [6.45, 7) is 1.44. The molecule has 0 saturated carbocycles. The number of amides is 1. The number of aldehydes is 1. The van der Waals surface area contributed by atoms with Crippen LogP contribution < -0.4 is 10.1 Å². The van der Waals surface area contributed by atoms with E-state index in [0.29, 0.717) is 28.6 Å². The lowest BCUT2D eigenvalue weighted by Crippen LogP contribution is -2.24. The first kappa shape index (κ1) is 24.2. The van der Waals surface area contributed by atoms with Gasteiger partial charge in [0.25, 0.3) is 17.6 Å². The van der Waals surface area contributed by atoms with Gasteiger partial charge in [-0.25, -0.2) is 0 Å². The number of ketones is 1. The molecule has 8 nitrogen and oxygen atoms in total. The van der Waals surface area contributed by atoms with E-state index >= 15 is 0 Å². The number of nitrogens with zero attached hydrogens (tertiary/aromatic N) is 2. The Kier molecular flexibility index (Phi) is 7.36. The van der Waals surface area contributed by atoms with Gasteiger partial charge in [-0.2, -0.15) is 0 Å². The molecule has 2 aromatic carbocycles. The molecule has 0 fully saturated rings.